The second-order valence-corrected chi connectivity index (χ2v) is 2.58. The maximum absolute atomic E-state index is 4.93. The first kappa shape index (κ1) is 7.79. The van der Waals surface area contributed by atoms with Crippen molar-refractivity contribution in [2.45, 2.75) is 6.54 Å². The minimum absolute atomic E-state index is 0.716. The summed E-state index contributed by atoms with van der Waals surface area (Å²) in [5, 5.41) is 3.14. The average molecular weight is 175 g/mol. The number of aromatic nitrogens is 2. The predicted octanol–water partition coefficient (Wildman–Crippen LogP) is 1.68. The predicted molar refractivity (Wildman–Crippen MR) is 48.1 cm³/mol. The van der Waals surface area contributed by atoms with Crippen LogP contribution in [-0.2, 0) is 6.54 Å². The third-order valence-corrected chi connectivity index (χ3v) is 1.64. The third-order valence-electron chi connectivity index (χ3n) is 1.64. The molecule has 13 heavy (non-hydrogen) atoms. The van der Waals surface area contributed by atoms with Gasteiger partial charge in [0, 0.05) is 18.3 Å². The molecule has 2 aromatic heterocycles. The first-order valence-electron chi connectivity index (χ1n) is 3.96. The molecule has 2 rings (SSSR count). The molecule has 0 aliphatic rings. The van der Waals surface area contributed by atoms with Crippen molar-refractivity contribution in [2.24, 2.45) is 0 Å². The Hall–Kier alpha value is -1.84. The maximum atomic E-state index is 4.93. The monoisotopic (exact) mass is 175 g/mol. The zero-order chi connectivity index (χ0) is 8.93. The Bertz CT molecular complexity index is 344. The summed E-state index contributed by atoms with van der Waals surface area (Å²) in [6.45, 7) is 0.716. The molecule has 0 bridgehead atoms. The summed E-state index contributed by atoms with van der Waals surface area (Å²) in [5.41, 5.74) is 1.10. The van der Waals surface area contributed by atoms with Crippen molar-refractivity contribution in [2.75, 3.05) is 5.32 Å². The first-order valence-corrected chi connectivity index (χ1v) is 3.96. The van der Waals surface area contributed by atoms with E-state index in [2.05, 4.69) is 15.3 Å². The summed E-state index contributed by atoms with van der Waals surface area (Å²) in [4.78, 5) is 7.85. The van der Waals surface area contributed by atoms with Crippen molar-refractivity contribution in [3.05, 3.63) is 42.7 Å². The largest absolute Gasteiger partial charge is 0.472 e. The zero-order valence-corrected chi connectivity index (χ0v) is 6.97. The summed E-state index contributed by atoms with van der Waals surface area (Å²) in [5.74, 6) is 0.816. The van der Waals surface area contributed by atoms with Crippen molar-refractivity contribution in [3.8, 4) is 0 Å². The van der Waals surface area contributed by atoms with E-state index in [1.807, 2.05) is 12.1 Å². The molecule has 0 aromatic carbocycles. The van der Waals surface area contributed by atoms with E-state index in [0.717, 1.165) is 11.4 Å². The Labute approximate surface area is 75.6 Å². The number of anilines is 1. The van der Waals surface area contributed by atoms with Gasteiger partial charge in [0.15, 0.2) is 0 Å². The highest BCUT2D eigenvalue weighted by Gasteiger charge is 1.94. The van der Waals surface area contributed by atoms with Gasteiger partial charge in [-0.15, -0.1) is 0 Å². The molecule has 0 spiro atoms. The molecule has 1 N–H and O–H groups in total. The second kappa shape index (κ2) is 3.71. The van der Waals surface area contributed by atoms with Crippen LogP contribution < -0.4 is 5.32 Å². The molecule has 2 aromatic rings. The summed E-state index contributed by atoms with van der Waals surface area (Å²) in [7, 11) is 0. The lowest BCUT2D eigenvalue weighted by molar-refractivity contribution is 0.564. The number of nitrogens with one attached hydrogen (secondary N) is 1. The molecule has 0 amide bonds. The Balaban J connectivity index is 1.94. The van der Waals surface area contributed by atoms with E-state index >= 15 is 0 Å². The van der Waals surface area contributed by atoms with E-state index in [-0.39, 0.29) is 0 Å². The van der Waals surface area contributed by atoms with Gasteiger partial charge in [-0.2, -0.15) is 0 Å². The van der Waals surface area contributed by atoms with Gasteiger partial charge in [-0.3, -0.25) is 0 Å². The normalized spacial score (nSPS) is 9.85. The van der Waals surface area contributed by atoms with Crippen LogP contribution in [0.3, 0.4) is 0 Å². The Morgan fingerprint density at radius 3 is 3.08 bits per heavy atom. The van der Waals surface area contributed by atoms with E-state index in [1.54, 1.807) is 18.7 Å². The van der Waals surface area contributed by atoms with Crippen LogP contribution in [0.2, 0.25) is 0 Å². The molecule has 0 unspecified atom stereocenters. The van der Waals surface area contributed by atoms with Crippen molar-refractivity contribution in [3.63, 3.8) is 0 Å². The van der Waals surface area contributed by atoms with Crippen molar-refractivity contribution < 1.29 is 4.42 Å². The van der Waals surface area contributed by atoms with Gasteiger partial charge in [0.25, 0.3) is 0 Å². The highest BCUT2D eigenvalue weighted by molar-refractivity contribution is 5.32. The van der Waals surface area contributed by atoms with Gasteiger partial charge in [0.2, 0.25) is 0 Å². The van der Waals surface area contributed by atoms with Gasteiger partial charge in [-0.1, -0.05) is 0 Å². The second-order valence-electron chi connectivity index (χ2n) is 2.58. The minimum atomic E-state index is 0.716. The standard InChI is InChI=1S/C9H9N3O/c1-3-10-7-12-9(1)11-5-8-2-4-13-6-8/h1-4,6-7H,5H2,(H,10,11,12). The van der Waals surface area contributed by atoms with Crippen LogP contribution in [0.25, 0.3) is 0 Å². The molecule has 4 heteroatoms. The van der Waals surface area contributed by atoms with E-state index in [0.29, 0.717) is 6.54 Å². The fourth-order valence-corrected chi connectivity index (χ4v) is 0.981. The molecule has 0 aliphatic carbocycles. The molecule has 0 radical (unpaired) electrons. The molecule has 0 aliphatic heterocycles. The van der Waals surface area contributed by atoms with Gasteiger partial charge < -0.3 is 9.73 Å². The van der Waals surface area contributed by atoms with Gasteiger partial charge in [-0.05, 0) is 12.1 Å². The fourth-order valence-electron chi connectivity index (χ4n) is 0.981. The fraction of sp³-hybridized carbons (Fsp3) is 0.111. The Morgan fingerprint density at radius 2 is 2.38 bits per heavy atom. The molecule has 0 saturated heterocycles. The van der Waals surface area contributed by atoms with E-state index in [4.69, 9.17) is 4.42 Å². The van der Waals surface area contributed by atoms with Crippen LogP contribution in [0.4, 0.5) is 5.82 Å². The summed E-state index contributed by atoms with van der Waals surface area (Å²) < 4.78 is 4.93. The van der Waals surface area contributed by atoms with Crippen molar-refractivity contribution in [1.29, 1.82) is 0 Å². The van der Waals surface area contributed by atoms with E-state index in [1.165, 1.54) is 6.33 Å². The van der Waals surface area contributed by atoms with Crippen LogP contribution in [0, 0.1) is 0 Å². The third kappa shape index (κ3) is 2.05. The van der Waals surface area contributed by atoms with E-state index < -0.39 is 0 Å². The maximum Gasteiger partial charge on any atom is 0.129 e. The molecular formula is C9H9N3O. The SMILES string of the molecule is c1cc(NCc2ccoc2)ncn1. The van der Waals surface area contributed by atoms with Gasteiger partial charge >= 0.3 is 0 Å². The first-order chi connectivity index (χ1) is 6.45. The highest BCUT2D eigenvalue weighted by Crippen LogP contribution is 2.04. The molecular weight excluding hydrogens is 166 g/mol. The lowest BCUT2D eigenvalue weighted by Gasteiger charge is -2.01. The number of furan rings is 1. The van der Waals surface area contributed by atoms with Gasteiger partial charge in [-0.25, -0.2) is 9.97 Å². The van der Waals surface area contributed by atoms with Gasteiger partial charge in [0.1, 0.15) is 12.1 Å². The minimum Gasteiger partial charge on any atom is -0.472 e. The molecule has 4 nitrogen and oxygen atoms in total. The molecule has 0 saturated carbocycles. The average Bonchev–Trinajstić information content (AvgIpc) is 2.69. The lowest BCUT2D eigenvalue weighted by Crippen LogP contribution is -1.99. The van der Waals surface area contributed by atoms with Crippen LogP contribution in [-0.4, -0.2) is 9.97 Å². The van der Waals surface area contributed by atoms with Gasteiger partial charge in [0.05, 0.1) is 12.5 Å². The van der Waals surface area contributed by atoms with Crippen molar-refractivity contribution >= 4 is 5.82 Å². The Kier molecular flexibility index (Phi) is 2.22. The molecule has 66 valence electrons. The van der Waals surface area contributed by atoms with Crippen LogP contribution in [0.5, 0.6) is 0 Å². The molecule has 0 fully saturated rings. The van der Waals surface area contributed by atoms with Crippen LogP contribution in [0.15, 0.2) is 41.6 Å². The zero-order valence-electron chi connectivity index (χ0n) is 6.97. The topological polar surface area (TPSA) is 51.0 Å². The Morgan fingerprint density at radius 1 is 1.38 bits per heavy atom. The highest BCUT2D eigenvalue weighted by atomic mass is 16.3. The lowest BCUT2D eigenvalue weighted by atomic mass is 10.3. The van der Waals surface area contributed by atoms with Crippen molar-refractivity contribution in [1.82, 2.24) is 9.97 Å². The quantitative estimate of drug-likeness (QED) is 0.771. The summed E-state index contributed by atoms with van der Waals surface area (Å²) in [6, 6.07) is 3.73. The summed E-state index contributed by atoms with van der Waals surface area (Å²) >= 11 is 0. The summed E-state index contributed by atoms with van der Waals surface area (Å²) in [6.07, 6.45) is 6.56. The molecule has 0 atom stereocenters. The van der Waals surface area contributed by atoms with E-state index in [9.17, 15) is 0 Å². The number of hydrogen-bond acceptors (Lipinski definition) is 4. The van der Waals surface area contributed by atoms with Crippen LogP contribution >= 0.6 is 0 Å². The number of rotatable bonds is 3. The molecule has 2 heterocycles. The number of nitrogens with zero attached hydrogens (tertiary/aromatic N) is 2. The smallest absolute Gasteiger partial charge is 0.129 e. The van der Waals surface area contributed by atoms with Crippen LogP contribution in [0.1, 0.15) is 5.56 Å². The number of hydrogen-bond donors (Lipinski definition) is 1.